The molecule has 0 spiro atoms. The topological polar surface area (TPSA) is 49.0 Å². The van der Waals surface area contributed by atoms with Crippen molar-refractivity contribution in [3.63, 3.8) is 0 Å². The Kier molecular flexibility index (Phi) is 3.46. The minimum Gasteiger partial charge on any atom is -0.334 e. The van der Waals surface area contributed by atoms with E-state index in [1.54, 1.807) is 23.1 Å². The van der Waals surface area contributed by atoms with Gasteiger partial charge in [0.2, 0.25) is 0 Å². The van der Waals surface area contributed by atoms with Crippen LogP contribution in [0.5, 0.6) is 0 Å². The molecule has 0 aliphatic carbocycles. The Morgan fingerprint density at radius 3 is 2.96 bits per heavy atom. The molecule has 23 heavy (non-hydrogen) atoms. The number of H-pyrrole nitrogens is 1. The molecule has 0 saturated heterocycles. The number of benzene rings is 1. The van der Waals surface area contributed by atoms with E-state index < -0.39 is 0 Å². The van der Waals surface area contributed by atoms with E-state index in [-0.39, 0.29) is 11.7 Å². The SMILES string of the molecule is O=C(c1ccsc1)N1CCc2[nH]nc(-c3ccccc3F)c2C1. The molecule has 4 rings (SSSR count). The maximum absolute atomic E-state index is 14.1. The highest BCUT2D eigenvalue weighted by atomic mass is 32.1. The number of aromatic amines is 1. The van der Waals surface area contributed by atoms with Gasteiger partial charge in [-0.05, 0) is 23.6 Å². The summed E-state index contributed by atoms with van der Waals surface area (Å²) < 4.78 is 14.1. The molecule has 3 aromatic rings. The molecule has 3 heterocycles. The first-order valence-electron chi connectivity index (χ1n) is 7.36. The van der Waals surface area contributed by atoms with Crippen LogP contribution in [0.4, 0.5) is 4.39 Å². The third kappa shape index (κ3) is 2.45. The van der Waals surface area contributed by atoms with Gasteiger partial charge in [0, 0.05) is 41.7 Å². The number of amides is 1. The summed E-state index contributed by atoms with van der Waals surface area (Å²) in [5.74, 6) is -0.291. The van der Waals surface area contributed by atoms with Gasteiger partial charge < -0.3 is 4.90 Å². The molecule has 4 nitrogen and oxygen atoms in total. The van der Waals surface area contributed by atoms with Gasteiger partial charge in [0.1, 0.15) is 11.5 Å². The van der Waals surface area contributed by atoms with Crippen LogP contribution in [0, 0.1) is 5.82 Å². The smallest absolute Gasteiger partial charge is 0.255 e. The Morgan fingerprint density at radius 2 is 2.17 bits per heavy atom. The van der Waals surface area contributed by atoms with Gasteiger partial charge in [-0.2, -0.15) is 16.4 Å². The van der Waals surface area contributed by atoms with Crippen molar-refractivity contribution >= 4 is 17.2 Å². The number of carbonyl (C=O) groups excluding carboxylic acids is 1. The zero-order valence-corrected chi connectivity index (χ0v) is 13.1. The molecule has 1 amide bonds. The van der Waals surface area contributed by atoms with E-state index in [9.17, 15) is 9.18 Å². The highest BCUT2D eigenvalue weighted by Gasteiger charge is 2.27. The number of nitrogens with zero attached hydrogens (tertiary/aromatic N) is 2. The first-order chi connectivity index (χ1) is 11.2. The number of fused-ring (bicyclic) bond motifs is 1. The van der Waals surface area contributed by atoms with Crippen molar-refractivity contribution in [2.24, 2.45) is 0 Å². The largest absolute Gasteiger partial charge is 0.334 e. The van der Waals surface area contributed by atoms with Crippen LogP contribution in [0.15, 0.2) is 41.1 Å². The van der Waals surface area contributed by atoms with Crippen LogP contribution in [0.3, 0.4) is 0 Å². The first-order valence-corrected chi connectivity index (χ1v) is 8.31. The van der Waals surface area contributed by atoms with Gasteiger partial charge in [0.25, 0.3) is 5.91 Å². The van der Waals surface area contributed by atoms with E-state index in [2.05, 4.69) is 10.2 Å². The number of aromatic nitrogens is 2. The van der Waals surface area contributed by atoms with Crippen molar-refractivity contribution in [3.05, 3.63) is 63.7 Å². The monoisotopic (exact) mass is 327 g/mol. The Hall–Kier alpha value is -2.47. The van der Waals surface area contributed by atoms with Crippen LogP contribution in [0.25, 0.3) is 11.3 Å². The average Bonchev–Trinajstić information content (AvgIpc) is 3.24. The van der Waals surface area contributed by atoms with Gasteiger partial charge in [-0.1, -0.05) is 12.1 Å². The number of carbonyl (C=O) groups is 1. The minimum atomic E-state index is -0.303. The van der Waals surface area contributed by atoms with E-state index in [0.717, 1.165) is 11.3 Å². The molecule has 0 fully saturated rings. The predicted octanol–water partition coefficient (Wildman–Crippen LogP) is 3.48. The molecule has 1 aromatic carbocycles. The van der Waals surface area contributed by atoms with Crippen molar-refractivity contribution in [1.29, 1.82) is 0 Å². The minimum absolute atomic E-state index is 0.0117. The molecule has 0 saturated carbocycles. The normalized spacial score (nSPS) is 13.9. The van der Waals surface area contributed by atoms with E-state index in [4.69, 9.17) is 0 Å². The second-order valence-corrected chi connectivity index (χ2v) is 6.28. The second-order valence-electron chi connectivity index (χ2n) is 5.50. The number of hydrogen-bond acceptors (Lipinski definition) is 3. The van der Waals surface area contributed by atoms with Crippen LogP contribution in [-0.4, -0.2) is 27.5 Å². The third-order valence-corrected chi connectivity index (χ3v) is 4.80. The van der Waals surface area contributed by atoms with Crippen LogP contribution in [0.2, 0.25) is 0 Å². The molecular weight excluding hydrogens is 313 g/mol. The Labute approximate surface area is 136 Å². The predicted molar refractivity (Wildman–Crippen MR) is 86.7 cm³/mol. The van der Waals surface area contributed by atoms with Gasteiger partial charge >= 0.3 is 0 Å². The summed E-state index contributed by atoms with van der Waals surface area (Å²) in [6.07, 6.45) is 0.701. The highest BCUT2D eigenvalue weighted by molar-refractivity contribution is 7.08. The standard InChI is InChI=1S/C17H14FN3OS/c18-14-4-2-1-3-12(14)16-13-9-21(7-5-15(13)19-20-16)17(22)11-6-8-23-10-11/h1-4,6,8,10H,5,7,9H2,(H,19,20). The van der Waals surface area contributed by atoms with Gasteiger partial charge in [-0.15, -0.1) is 0 Å². The summed E-state index contributed by atoms with van der Waals surface area (Å²) >= 11 is 1.51. The summed E-state index contributed by atoms with van der Waals surface area (Å²) in [5.41, 5.74) is 3.66. The number of halogens is 1. The number of rotatable bonds is 2. The van der Waals surface area contributed by atoms with Crippen molar-refractivity contribution in [1.82, 2.24) is 15.1 Å². The average molecular weight is 327 g/mol. The van der Waals surface area contributed by atoms with Crippen molar-refractivity contribution in [2.45, 2.75) is 13.0 Å². The molecule has 0 bridgehead atoms. The molecule has 0 atom stereocenters. The molecular formula is C17H14FN3OS. The molecule has 1 aliphatic heterocycles. The van der Waals surface area contributed by atoms with Gasteiger partial charge in [-0.3, -0.25) is 9.89 Å². The Bertz CT molecular complexity index is 857. The molecule has 0 radical (unpaired) electrons. The fourth-order valence-electron chi connectivity index (χ4n) is 2.91. The Balaban J connectivity index is 1.68. The van der Waals surface area contributed by atoms with Crippen molar-refractivity contribution in [3.8, 4) is 11.3 Å². The number of thiophene rings is 1. The lowest BCUT2D eigenvalue weighted by Gasteiger charge is -2.27. The van der Waals surface area contributed by atoms with Crippen LogP contribution in [-0.2, 0) is 13.0 Å². The molecule has 0 unspecified atom stereocenters. The lowest BCUT2D eigenvalue weighted by Crippen LogP contribution is -2.35. The highest BCUT2D eigenvalue weighted by Crippen LogP contribution is 2.30. The zero-order chi connectivity index (χ0) is 15.8. The fourth-order valence-corrected chi connectivity index (χ4v) is 3.54. The Morgan fingerprint density at radius 1 is 1.30 bits per heavy atom. The quantitative estimate of drug-likeness (QED) is 0.783. The van der Waals surface area contributed by atoms with Crippen LogP contribution >= 0.6 is 11.3 Å². The summed E-state index contributed by atoms with van der Waals surface area (Å²) in [6, 6.07) is 8.41. The molecule has 1 aliphatic rings. The summed E-state index contributed by atoms with van der Waals surface area (Å²) in [7, 11) is 0. The fraction of sp³-hybridized carbons (Fsp3) is 0.176. The van der Waals surface area contributed by atoms with Crippen LogP contribution < -0.4 is 0 Å². The van der Waals surface area contributed by atoms with E-state index in [0.29, 0.717) is 36.3 Å². The maximum atomic E-state index is 14.1. The lowest BCUT2D eigenvalue weighted by molar-refractivity contribution is 0.0735. The van der Waals surface area contributed by atoms with E-state index in [1.165, 1.54) is 17.4 Å². The van der Waals surface area contributed by atoms with Crippen LogP contribution in [0.1, 0.15) is 21.6 Å². The van der Waals surface area contributed by atoms with Crippen molar-refractivity contribution in [2.75, 3.05) is 6.54 Å². The third-order valence-electron chi connectivity index (χ3n) is 4.12. The summed E-state index contributed by atoms with van der Waals surface area (Å²) in [4.78, 5) is 14.3. The van der Waals surface area contributed by atoms with Crippen molar-refractivity contribution < 1.29 is 9.18 Å². The van der Waals surface area contributed by atoms with Gasteiger partial charge in [0.05, 0.1) is 5.56 Å². The van der Waals surface area contributed by atoms with Gasteiger partial charge in [0.15, 0.2) is 0 Å². The molecule has 116 valence electrons. The lowest BCUT2D eigenvalue weighted by atomic mass is 10.0. The van der Waals surface area contributed by atoms with E-state index in [1.807, 2.05) is 16.8 Å². The first kappa shape index (κ1) is 14.1. The molecule has 1 N–H and O–H groups in total. The summed E-state index contributed by atoms with van der Waals surface area (Å²) in [5, 5.41) is 11.0. The maximum Gasteiger partial charge on any atom is 0.255 e. The number of hydrogen-bond donors (Lipinski definition) is 1. The molecule has 2 aromatic heterocycles. The van der Waals surface area contributed by atoms with E-state index >= 15 is 0 Å². The van der Waals surface area contributed by atoms with Gasteiger partial charge in [-0.25, -0.2) is 4.39 Å². The second kappa shape index (κ2) is 5.62. The zero-order valence-electron chi connectivity index (χ0n) is 12.3. The molecule has 6 heteroatoms. The number of nitrogens with one attached hydrogen (secondary N) is 1. The summed E-state index contributed by atoms with van der Waals surface area (Å²) in [6.45, 7) is 1.09.